The maximum Gasteiger partial charge on any atom is 0.305 e. The van der Waals surface area contributed by atoms with E-state index in [-0.39, 0.29) is 18.5 Å². The minimum absolute atomic E-state index is 0.0116. The van der Waals surface area contributed by atoms with Crippen LogP contribution in [-0.4, -0.2) is 47.4 Å². The molecule has 0 rings (SSSR count). The van der Waals surface area contributed by atoms with Crippen molar-refractivity contribution >= 4 is 11.9 Å². The summed E-state index contributed by atoms with van der Waals surface area (Å²) in [5.74, 6) is -0.0503. The molecule has 0 bridgehead atoms. The Morgan fingerprint density at radius 1 is 0.350 bits per heavy atom. The van der Waals surface area contributed by atoms with Gasteiger partial charge < -0.3 is 20.3 Å². The molecular weight excluding hydrogens is 983 g/mol. The van der Waals surface area contributed by atoms with Crippen molar-refractivity contribution in [2.75, 3.05) is 13.2 Å². The van der Waals surface area contributed by atoms with E-state index in [4.69, 9.17) is 4.74 Å². The van der Waals surface area contributed by atoms with Crippen molar-refractivity contribution in [3.05, 3.63) is 36.5 Å². The summed E-state index contributed by atoms with van der Waals surface area (Å²) in [4.78, 5) is 24.6. The Morgan fingerprint density at radius 2 is 0.625 bits per heavy atom. The predicted octanol–water partition coefficient (Wildman–Crippen LogP) is 23.5. The Morgan fingerprint density at radius 3 is 0.963 bits per heavy atom. The zero-order chi connectivity index (χ0) is 57.8. The summed E-state index contributed by atoms with van der Waals surface area (Å²) in [6.45, 7) is 4.92. The molecule has 0 saturated carbocycles. The average molecular weight is 1120 g/mol. The molecule has 2 atom stereocenters. The molecule has 6 nitrogen and oxygen atoms in total. The standard InChI is InChI=1S/C74H141NO5/c1-3-5-7-9-11-13-15-17-19-21-36-40-44-48-52-56-60-64-68-74(79)80-69-65-61-57-53-49-45-41-37-33-31-29-27-25-23-22-24-26-28-30-32-35-39-43-47-51-55-59-63-67-73(78)75-71(70-76)72(77)66-62-58-54-50-46-42-38-34-20-18-16-14-12-10-8-6-4-2/h13,15,19,21,62,66,71-72,76-77H,3-12,14,16-18,20,22-61,63-65,67-70H2,1-2H3,(H,75,78)/b15-13-,21-19-,66-62+. The van der Waals surface area contributed by atoms with Gasteiger partial charge in [0.05, 0.1) is 25.4 Å². The van der Waals surface area contributed by atoms with Crippen molar-refractivity contribution in [3.63, 3.8) is 0 Å². The number of aliphatic hydroxyl groups is 2. The molecule has 0 aromatic carbocycles. The van der Waals surface area contributed by atoms with Gasteiger partial charge in [0.25, 0.3) is 0 Å². The van der Waals surface area contributed by atoms with E-state index in [1.807, 2.05) is 6.08 Å². The third-order valence-electron chi connectivity index (χ3n) is 16.9. The fourth-order valence-corrected chi connectivity index (χ4v) is 11.4. The second kappa shape index (κ2) is 69.6. The van der Waals surface area contributed by atoms with Crippen LogP contribution >= 0.6 is 0 Å². The van der Waals surface area contributed by atoms with Crippen molar-refractivity contribution in [3.8, 4) is 0 Å². The number of carbonyl (C=O) groups is 2. The van der Waals surface area contributed by atoms with E-state index in [0.29, 0.717) is 19.4 Å². The maximum atomic E-state index is 12.5. The van der Waals surface area contributed by atoms with E-state index in [9.17, 15) is 19.8 Å². The number of aliphatic hydroxyl groups excluding tert-OH is 2. The Balaban J connectivity index is 3.36. The highest BCUT2D eigenvalue weighted by atomic mass is 16.5. The summed E-state index contributed by atoms with van der Waals surface area (Å²) in [5, 5.41) is 23.2. The summed E-state index contributed by atoms with van der Waals surface area (Å²) < 4.78 is 5.50. The van der Waals surface area contributed by atoms with Gasteiger partial charge in [-0.25, -0.2) is 0 Å². The first-order valence-corrected chi connectivity index (χ1v) is 36.3. The van der Waals surface area contributed by atoms with Gasteiger partial charge in [0.1, 0.15) is 0 Å². The van der Waals surface area contributed by atoms with Crippen LogP contribution in [0.1, 0.15) is 399 Å². The largest absolute Gasteiger partial charge is 0.466 e. The Hall–Kier alpha value is -1.92. The van der Waals surface area contributed by atoms with Crippen molar-refractivity contribution < 1.29 is 24.5 Å². The predicted molar refractivity (Wildman–Crippen MR) is 352 cm³/mol. The van der Waals surface area contributed by atoms with Crippen molar-refractivity contribution in [1.29, 1.82) is 0 Å². The van der Waals surface area contributed by atoms with Crippen LogP contribution in [0.3, 0.4) is 0 Å². The molecule has 0 aliphatic carbocycles. The van der Waals surface area contributed by atoms with E-state index in [1.165, 1.54) is 321 Å². The number of rotatable bonds is 68. The summed E-state index contributed by atoms with van der Waals surface area (Å²) in [6, 6.07) is -0.626. The molecule has 0 spiro atoms. The molecule has 0 heterocycles. The SMILES string of the molecule is CCCCCC/C=C\C/C=C\CCCCCCCCCC(=O)OCCCCCCCCCCCCCCCCCCCCCCCCCCCCCCC(=O)NC(CO)C(O)/C=C/CCCCCCCCCCCCCCCCC. The van der Waals surface area contributed by atoms with Gasteiger partial charge in [-0.15, -0.1) is 0 Å². The lowest BCUT2D eigenvalue weighted by Crippen LogP contribution is -2.45. The van der Waals surface area contributed by atoms with Crippen LogP contribution < -0.4 is 5.32 Å². The fourth-order valence-electron chi connectivity index (χ4n) is 11.4. The number of hydrogen-bond donors (Lipinski definition) is 3. The molecule has 1 amide bonds. The molecule has 80 heavy (non-hydrogen) atoms. The minimum Gasteiger partial charge on any atom is -0.466 e. The first-order valence-electron chi connectivity index (χ1n) is 36.3. The number of ether oxygens (including phenoxy) is 1. The minimum atomic E-state index is -0.843. The monoisotopic (exact) mass is 1120 g/mol. The number of allylic oxidation sites excluding steroid dienone is 5. The number of hydrogen-bond acceptors (Lipinski definition) is 5. The van der Waals surface area contributed by atoms with Gasteiger partial charge in [-0.05, 0) is 64.2 Å². The molecule has 0 aliphatic rings. The van der Waals surface area contributed by atoms with Crippen LogP contribution in [0.25, 0.3) is 0 Å². The number of carbonyl (C=O) groups excluding carboxylic acids is 2. The first kappa shape index (κ1) is 78.1. The first-order chi connectivity index (χ1) is 39.5. The van der Waals surface area contributed by atoms with E-state index in [0.717, 1.165) is 51.4 Å². The van der Waals surface area contributed by atoms with Crippen LogP contribution in [0.5, 0.6) is 0 Å². The third-order valence-corrected chi connectivity index (χ3v) is 16.9. The lowest BCUT2D eigenvalue weighted by molar-refractivity contribution is -0.143. The zero-order valence-electron chi connectivity index (χ0n) is 54.1. The van der Waals surface area contributed by atoms with Gasteiger partial charge >= 0.3 is 5.97 Å². The van der Waals surface area contributed by atoms with Gasteiger partial charge in [0, 0.05) is 12.8 Å². The number of amides is 1. The number of nitrogens with one attached hydrogen (secondary N) is 1. The highest BCUT2D eigenvalue weighted by Gasteiger charge is 2.18. The van der Waals surface area contributed by atoms with E-state index in [1.54, 1.807) is 6.08 Å². The van der Waals surface area contributed by atoms with Crippen molar-refractivity contribution in [1.82, 2.24) is 5.32 Å². The quantitative estimate of drug-likeness (QED) is 0.0320. The summed E-state index contributed by atoms with van der Waals surface area (Å²) in [7, 11) is 0. The lowest BCUT2D eigenvalue weighted by atomic mass is 10.0. The number of esters is 1. The maximum absolute atomic E-state index is 12.5. The average Bonchev–Trinajstić information content (AvgIpc) is 3.46. The molecule has 0 aliphatic heterocycles. The molecule has 0 aromatic heterocycles. The van der Waals surface area contributed by atoms with Crippen LogP contribution in [0.2, 0.25) is 0 Å². The highest BCUT2D eigenvalue weighted by Crippen LogP contribution is 2.19. The van der Waals surface area contributed by atoms with Gasteiger partial charge in [-0.1, -0.05) is 359 Å². The van der Waals surface area contributed by atoms with E-state index in [2.05, 4.69) is 43.5 Å². The summed E-state index contributed by atoms with van der Waals surface area (Å²) in [5.41, 5.74) is 0. The molecule has 0 radical (unpaired) electrons. The molecule has 0 fully saturated rings. The number of unbranched alkanes of at least 4 members (excludes halogenated alkanes) is 53. The normalized spacial score (nSPS) is 12.7. The molecule has 2 unspecified atom stereocenters. The Labute approximate surface area is 500 Å². The molecule has 3 N–H and O–H groups in total. The Kier molecular flexibility index (Phi) is 67.9. The topological polar surface area (TPSA) is 95.9 Å². The van der Waals surface area contributed by atoms with Crippen LogP contribution in [0, 0.1) is 0 Å². The molecule has 472 valence electrons. The third kappa shape index (κ3) is 65.2. The van der Waals surface area contributed by atoms with Crippen LogP contribution in [0.15, 0.2) is 36.5 Å². The smallest absolute Gasteiger partial charge is 0.305 e. The van der Waals surface area contributed by atoms with Crippen molar-refractivity contribution in [2.45, 2.75) is 411 Å². The highest BCUT2D eigenvalue weighted by molar-refractivity contribution is 5.76. The van der Waals surface area contributed by atoms with Gasteiger partial charge in [-0.2, -0.15) is 0 Å². The molecule has 0 saturated heterocycles. The second-order valence-corrected chi connectivity index (χ2v) is 24.9. The van der Waals surface area contributed by atoms with Gasteiger partial charge in [-0.3, -0.25) is 9.59 Å². The molecule has 0 aromatic rings. The van der Waals surface area contributed by atoms with Crippen LogP contribution in [0.4, 0.5) is 0 Å². The summed E-state index contributed by atoms with van der Waals surface area (Å²) >= 11 is 0. The second-order valence-electron chi connectivity index (χ2n) is 24.9. The summed E-state index contributed by atoms with van der Waals surface area (Å²) in [6.07, 6.45) is 89.4. The van der Waals surface area contributed by atoms with Gasteiger partial charge in [0.2, 0.25) is 5.91 Å². The zero-order valence-corrected chi connectivity index (χ0v) is 54.1. The fraction of sp³-hybridized carbons (Fsp3) is 0.892. The molecule has 6 heteroatoms. The lowest BCUT2D eigenvalue weighted by Gasteiger charge is -2.20. The van der Waals surface area contributed by atoms with E-state index >= 15 is 0 Å². The van der Waals surface area contributed by atoms with Crippen LogP contribution in [-0.2, 0) is 14.3 Å². The van der Waals surface area contributed by atoms with Gasteiger partial charge in [0.15, 0.2) is 0 Å². The van der Waals surface area contributed by atoms with Crippen molar-refractivity contribution in [2.24, 2.45) is 0 Å². The Bertz CT molecular complexity index is 1300. The van der Waals surface area contributed by atoms with E-state index < -0.39 is 12.1 Å². The molecular formula is C74H141NO5.